The van der Waals surface area contributed by atoms with E-state index in [2.05, 4.69) is 58.6 Å². The Hall–Kier alpha value is -8.02. The molecule has 2 fully saturated rings. The number of carbonyl (C=O) groups is 7. The Morgan fingerprint density at radius 2 is 0.734 bits per heavy atom. The van der Waals surface area contributed by atoms with Gasteiger partial charge in [0.1, 0.15) is 0 Å². The van der Waals surface area contributed by atoms with Crippen LogP contribution in [0.3, 0.4) is 0 Å². The van der Waals surface area contributed by atoms with E-state index in [1.165, 1.54) is 74.4 Å². The van der Waals surface area contributed by atoms with E-state index in [4.69, 9.17) is 134 Å². The van der Waals surface area contributed by atoms with Crippen molar-refractivity contribution in [1.82, 2.24) is 0 Å². The van der Waals surface area contributed by atoms with E-state index < -0.39 is 98.7 Å². The van der Waals surface area contributed by atoms with Crippen molar-refractivity contribution in [2.45, 2.75) is 128 Å². The SMILES string of the molecule is C.CC(C)(C)C(=O)Nc1ccc(Cl)cc1.CC(C)(C)C(=O)Nc1ccc(Cl)cc1.Cc1ccc(Cl)cc1C(=O)C(F)(F)F.Nc1ccc(Cl)cc1.Nc1ccc(Cl)cc1C(=O)C(F)(F)F.O=C1Nc2ccc(Cl)cc2C(C#CC2CC2)(C(F)(F)F)O1.O=C1Nc2ccc(Cl)cc2C(Cl)(C(F)(F)F)O1.O=C1Nc2ccc(Cl)cc2C(Cl)(C(F)(F)F)O1.[C-]#CC1CC1.[Li+].[Na+].[OH-]. The zero-order chi connectivity index (χ0) is 94.0. The van der Waals surface area contributed by atoms with E-state index in [0.717, 1.165) is 71.3 Å². The van der Waals surface area contributed by atoms with Gasteiger partial charge in [-0.25, -0.2) is 14.4 Å². The Kier molecular flexibility index (Phi) is 45.1. The molecule has 0 aromatic heterocycles. The van der Waals surface area contributed by atoms with Gasteiger partial charge in [-0.05, 0) is 208 Å². The summed E-state index contributed by atoms with van der Waals surface area (Å²) in [7, 11) is 0. The monoisotopic (exact) mass is 2010 g/mol. The molecule has 8 aromatic carbocycles. The van der Waals surface area contributed by atoms with Gasteiger partial charge in [0, 0.05) is 102 Å². The Morgan fingerprint density at radius 1 is 0.438 bits per heavy atom. The molecule has 0 radical (unpaired) electrons. The van der Waals surface area contributed by atoms with Gasteiger partial charge in [0.15, 0.2) is 0 Å². The summed E-state index contributed by atoms with van der Waals surface area (Å²) in [5.74, 6) is 3.69. The molecule has 0 spiro atoms. The predicted octanol–water partition coefficient (Wildman–Crippen LogP) is 21.9. The van der Waals surface area contributed by atoms with Crippen molar-refractivity contribution in [3.05, 3.63) is 244 Å². The number of ether oxygens (including phenoxy) is 3. The number of ketones is 2. The van der Waals surface area contributed by atoms with Crippen LogP contribution in [0.5, 0.6) is 0 Å². The summed E-state index contributed by atoms with van der Waals surface area (Å²) in [6.45, 7) is 12.7. The molecule has 45 heteroatoms. The van der Waals surface area contributed by atoms with Gasteiger partial charge in [-0.2, -0.15) is 65.9 Å². The third kappa shape index (κ3) is 35.6. The first-order chi connectivity index (χ1) is 56.9. The maximum atomic E-state index is 13.6. The minimum Gasteiger partial charge on any atom is -0.870 e. The van der Waals surface area contributed by atoms with Gasteiger partial charge >= 0.3 is 108 Å². The summed E-state index contributed by atoms with van der Waals surface area (Å²) >= 11 is 55.7. The number of Topliss-reactive ketones (excluding diaryl/α,β-unsaturated/α-hetero) is 2. The molecule has 128 heavy (non-hydrogen) atoms. The number of hydrogen-bond acceptors (Lipinski definition) is 13. The number of halogens is 25. The number of hydrogen-bond donors (Lipinski definition) is 7. The van der Waals surface area contributed by atoms with Crippen molar-refractivity contribution in [2.24, 2.45) is 22.7 Å². The summed E-state index contributed by atoms with van der Waals surface area (Å²) in [5.41, 5.74) is 6.78. The van der Waals surface area contributed by atoms with E-state index in [0.29, 0.717) is 16.0 Å². The molecule has 3 heterocycles. The van der Waals surface area contributed by atoms with Gasteiger partial charge in [0.2, 0.25) is 11.8 Å². The average molecular weight is 2010 g/mol. The van der Waals surface area contributed by atoms with Crippen molar-refractivity contribution in [2.75, 3.05) is 38.1 Å². The van der Waals surface area contributed by atoms with Gasteiger partial charge in [-0.15, -0.1) is 0 Å². The molecule has 0 saturated heterocycles. The van der Waals surface area contributed by atoms with E-state index in [9.17, 15) is 99.4 Å². The van der Waals surface area contributed by atoms with Gasteiger partial charge in [-0.3, -0.25) is 35.1 Å². The Morgan fingerprint density at radius 3 is 1.05 bits per heavy atom. The first kappa shape index (κ1) is 118. The number of rotatable bonds is 4. The quantitative estimate of drug-likeness (QED) is 0.0126. The van der Waals surface area contributed by atoms with Gasteiger partial charge < -0.3 is 54.1 Å². The fraction of sp³-hybridized carbons (Fsp3) is 0.289. The van der Waals surface area contributed by atoms with Crippen molar-refractivity contribution < 1.29 is 168 Å². The number of anilines is 7. The fourth-order valence-electron chi connectivity index (χ4n) is 9.16. The van der Waals surface area contributed by atoms with Crippen molar-refractivity contribution >= 4 is 197 Å². The molecule has 2 aliphatic carbocycles. The molecule has 10 N–H and O–H groups in total. The molecular formula is C83H72Cl10F15LiN7NaO11. The van der Waals surface area contributed by atoms with Gasteiger partial charge in [0.05, 0.1) is 22.6 Å². The summed E-state index contributed by atoms with van der Waals surface area (Å²) in [6, 6.07) is 39.3. The van der Waals surface area contributed by atoms with E-state index in [1.54, 1.807) is 72.8 Å². The number of benzene rings is 8. The molecule has 0 bridgehead atoms. The smallest absolute Gasteiger partial charge is 0.870 e. The first-order valence-electron chi connectivity index (χ1n) is 35.1. The van der Waals surface area contributed by atoms with Crippen LogP contribution in [0.25, 0.3) is 0 Å². The summed E-state index contributed by atoms with van der Waals surface area (Å²) < 4.78 is 203. The maximum absolute atomic E-state index is 13.6. The van der Waals surface area contributed by atoms with Gasteiger partial charge in [0.25, 0.3) is 17.2 Å². The van der Waals surface area contributed by atoms with Crippen LogP contribution in [0.4, 0.5) is 120 Å². The number of fused-ring (bicyclic) bond motifs is 3. The third-order valence-electron chi connectivity index (χ3n) is 16.0. The Bertz CT molecular complexity index is 5050. The number of nitrogens with one attached hydrogen (secondary N) is 5. The molecule has 682 valence electrons. The van der Waals surface area contributed by atoms with E-state index >= 15 is 0 Å². The predicted molar refractivity (Wildman–Crippen MR) is 456 cm³/mol. The summed E-state index contributed by atoms with van der Waals surface area (Å²) in [4.78, 5) is 78.3. The zero-order valence-corrected chi connectivity index (χ0v) is 76.8. The number of amides is 5. The summed E-state index contributed by atoms with van der Waals surface area (Å²) in [5, 5.41) is 8.06. The molecule has 5 aliphatic rings. The molecule has 13 rings (SSSR count). The van der Waals surface area contributed by atoms with Gasteiger partial charge in [-0.1, -0.05) is 177 Å². The van der Waals surface area contributed by atoms with Crippen molar-refractivity contribution in [1.29, 1.82) is 0 Å². The van der Waals surface area contributed by atoms with Crippen LogP contribution in [0.1, 0.15) is 118 Å². The van der Waals surface area contributed by atoms with E-state index in [1.807, 2.05) is 41.5 Å². The number of nitrogens with two attached hydrogens (primary N) is 2. The number of aryl methyl sites for hydroxylation is 1. The van der Waals surface area contributed by atoms with Crippen LogP contribution >= 0.6 is 116 Å². The topological polar surface area (TPSA) is 289 Å². The Balaban J connectivity index is 0.000000728. The van der Waals surface area contributed by atoms with Crippen molar-refractivity contribution in [3.63, 3.8) is 0 Å². The van der Waals surface area contributed by atoms with Crippen LogP contribution in [0.2, 0.25) is 40.2 Å². The molecule has 3 unspecified atom stereocenters. The third-order valence-corrected chi connectivity index (χ3v) is 19.0. The second-order valence-corrected chi connectivity index (χ2v) is 32.8. The molecule has 5 amide bonds. The fourth-order valence-corrected chi connectivity index (χ4v) is 10.8. The Labute approximate surface area is 808 Å². The second kappa shape index (κ2) is 48.9. The number of carbonyl (C=O) groups excluding carboxylic acids is 7. The zero-order valence-electron chi connectivity index (χ0n) is 67.2. The maximum Gasteiger partial charge on any atom is 1.00 e. The van der Waals surface area contributed by atoms with Crippen LogP contribution in [0, 0.1) is 53.8 Å². The molecule has 2 saturated carbocycles. The molecule has 18 nitrogen and oxygen atoms in total. The minimum atomic E-state index is -4.95. The first-order valence-corrected chi connectivity index (χ1v) is 38.8. The van der Waals surface area contributed by atoms with Crippen LogP contribution < -0.4 is 86.5 Å². The van der Waals surface area contributed by atoms with Crippen molar-refractivity contribution in [3.8, 4) is 17.8 Å². The summed E-state index contributed by atoms with van der Waals surface area (Å²) in [6.07, 6.45) is -17.9. The van der Waals surface area contributed by atoms with Crippen LogP contribution in [0.15, 0.2) is 164 Å². The molecular weight excluding hydrogens is 1940 g/mol. The largest absolute Gasteiger partial charge is 1.00 e. The minimum absolute atomic E-state index is 0. The normalized spacial score (nSPS) is 16.6. The standard InChI is InChI=1S/C14H9ClF3NO2.2C11H14ClNO.2C9H4Cl2F3NO2.C9H6ClF3O.C8H5ClF3NO.C6H6ClN.C5H5.CH4.Li.Na.H2O/c15-9-3-4-11-10(7-9)13(14(16,17)18,21-12(20)19-11)6-5-8-1-2-8;2*1-11(2,3)10(14)13-9-6-4-8(12)5-7-9;2*10-4-1-2-6-5(3-4)8(11,9(12,13)14)17-7(16)15-6;1-5-2-3-6(10)4-7(5)8(14)9(11,12)13;9-4-1-2-6(13)5(3-4)7(14)8(10,11)12;7-5-1-3-6(8)4-2-5;1-2-5-3-4-5;;;;/h3-4,7-8H,1-2H2,(H,19,20);2*4-7H,1-3H3,(H,13,14);2*1-3H,(H,15,16);2-4H,1H3;1-3H,13H2;1-4H,8H2;5H,3-4H2;1H4;;;1H2/q;;;;;;;;-1;;2*+1;/p-1. The number of cyclic esters (lactones) is 3. The van der Waals surface area contributed by atoms with Crippen LogP contribution in [-0.4, -0.2) is 78.0 Å². The second-order valence-electron chi connectivity index (χ2n) is 28.3. The molecule has 3 aliphatic heterocycles. The molecule has 8 aromatic rings. The number of alkyl halides is 17. The van der Waals surface area contributed by atoms with E-state index in [-0.39, 0.29) is 149 Å². The average Bonchev–Trinajstić information content (AvgIpc) is 1.56. The van der Waals surface area contributed by atoms with Crippen LogP contribution in [-0.2, 0) is 39.5 Å². The molecule has 3 atom stereocenters. The number of nitrogen functional groups attached to an aromatic ring is 2.